The number of hydrogen-bond donors (Lipinski definition) is 0. The summed E-state index contributed by atoms with van der Waals surface area (Å²) in [6.45, 7) is 3.10. The van der Waals surface area contributed by atoms with E-state index in [1.54, 1.807) is 0 Å². The van der Waals surface area contributed by atoms with Crippen LogP contribution in [-0.2, 0) is 6.54 Å². The van der Waals surface area contributed by atoms with E-state index in [2.05, 4.69) is 65.7 Å². The second-order valence-corrected chi connectivity index (χ2v) is 5.10. The topological polar surface area (TPSA) is 3.24 Å². The average Bonchev–Trinajstić information content (AvgIpc) is 2.20. The average molecular weight is 324 g/mol. The van der Waals surface area contributed by atoms with Gasteiger partial charge in [0.15, 0.2) is 0 Å². The van der Waals surface area contributed by atoms with Crippen LogP contribution in [0.2, 0.25) is 0 Å². The molecule has 1 atom stereocenters. The van der Waals surface area contributed by atoms with Crippen LogP contribution >= 0.6 is 34.2 Å². The van der Waals surface area contributed by atoms with Gasteiger partial charge >= 0.3 is 0 Å². The van der Waals surface area contributed by atoms with E-state index in [0.29, 0.717) is 11.9 Å². The largest absolute Gasteiger partial charge is 0.298 e. The molecule has 1 unspecified atom stereocenters. The zero-order chi connectivity index (χ0) is 10.6. The summed E-state index contributed by atoms with van der Waals surface area (Å²) in [6.07, 6.45) is 0. The van der Waals surface area contributed by atoms with Crippen LogP contribution in [0.15, 0.2) is 24.3 Å². The Bertz CT molecular complexity index is 273. The summed E-state index contributed by atoms with van der Waals surface area (Å²) in [6, 6.07) is 9.03. The van der Waals surface area contributed by atoms with Gasteiger partial charge in [0, 0.05) is 22.0 Å². The second-order valence-electron chi connectivity index (χ2n) is 3.54. The fourth-order valence-electron chi connectivity index (χ4n) is 1.15. The van der Waals surface area contributed by atoms with Crippen molar-refractivity contribution in [2.75, 3.05) is 12.9 Å². The molecule has 3 heteroatoms. The van der Waals surface area contributed by atoms with Gasteiger partial charge in [0.25, 0.3) is 0 Å². The van der Waals surface area contributed by atoms with Crippen LogP contribution in [0.25, 0.3) is 0 Å². The SMILES string of the molecule is CC(CCl)N(C)Cc1ccc(I)cc1. The Hall–Kier alpha value is 0.200. The molecule has 0 radical (unpaired) electrons. The van der Waals surface area contributed by atoms with E-state index in [9.17, 15) is 0 Å². The number of benzene rings is 1. The van der Waals surface area contributed by atoms with Crippen LogP contribution in [0.3, 0.4) is 0 Å². The summed E-state index contributed by atoms with van der Waals surface area (Å²) >= 11 is 8.11. The van der Waals surface area contributed by atoms with Gasteiger partial charge in [-0.15, -0.1) is 11.6 Å². The monoisotopic (exact) mass is 323 g/mol. The Kier molecular flexibility index (Phi) is 5.20. The van der Waals surface area contributed by atoms with Gasteiger partial charge in [-0.1, -0.05) is 12.1 Å². The van der Waals surface area contributed by atoms with Crippen molar-refractivity contribution in [1.82, 2.24) is 4.90 Å². The molecule has 0 saturated carbocycles. The Morgan fingerprint density at radius 1 is 1.36 bits per heavy atom. The minimum Gasteiger partial charge on any atom is -0.298 e. The van der Waals surface area contributed by atoms with E-state index in [1.165, 1.54) is 9.13 Å². The van der Waals surface area contributed by atoms with Gasteiger partial charge in [0.2, 0.25) is 0 Å². The van der Waals surface area contributed by atoms with Gasteiger partial charge in [-0.05, 0) is 54.3 Å². The summed E-state index contributed by atoms with van der Waals surface area (Å²) in [7, 11) is 2.10. The molecule has 0 spiro atoms. The molecule has 0 fully saturated rings. The predicted molar refractivity (Wildman–Crippen MR) is 70.8 cm³/mol. The summed E-state index contributed by atoms with van der Waals surface area (Å²) in [4.78, 5) is 2.26. The Balaban J connectivity index is 2.56. The number of rotatable bonds is 4. The molecule has 0 amide bonds. The van der Waals surface area contributed by atoms with E-state index in [4.69, 9.17) is 11.6 Å². The van der Waals surface area contributed by atoms with Crippen LogP contribution in [0, 0.1) is 3.57 Å². The van der Waals surface area contributed by atoms with E-state index >= 15 is 0 Å². The van der Waals surface area contributed by atoms with Crippen molar-refractivity contribution in [3.8, 4) is 0 Å². The highest BCUT2D eigenvalue weighted by Crippen LogP contribution is 2.10. The highest BCUT2D eigenvalue weighted by atomic mass is 127. The first-order valence-electron chi connectivity index (χ1n) is 4.64. The van der Waals surface area contributed by atoms with E-state index < -0.39 is 0 Å². The fourth-order valence-corrected chi connectivity index (χ4v) is 1.75. The van der Waals surface area contributed by atoms with Crippen molar-refractivity contribution in [3.05, 3.63) is 33.4 Å². The molecule has 1 nitrogen and oxygen atoms in total. The van der Waals surface area contributed by atoms with Crippen molar-refractivity contribution < 1.29 is 0 Å². The Morgan fingerprint density at radius 3 is 2.43 bits per heavy atom. The van der Waals surface area contributed by atoms with E-state index in [0.717, 1.165) is 6.54 Å². The molecule has 1 aromatic carbocycles. The maximum Gasteiger partial charge on any atom is 0.0376 e. The van der Waals surface area contributed by atoms with Crippen molar-refractivity contribution in [2.24, 2.45) is 0 Å². The molecule has 0 heterocycles. The lowest BCUT2D eigenvalue weighted by Gasteiger charge is -2.22. The lowest BCUT2D eigenvalue weighted by atomic mass is 10.2. The second kappa shape index (κ2) is 5.93. The van der Waals surface area contributed by atoms with E-state index in [1.807, 2.05) is 0 Å². The predicted octanol–water partition coefficient (Wildman–Crippen LogP) is 3.35. The summed E-state index contributed by atoms with van der Waals surface area (Å²) in [5.41, 5.74) is 1.34. The third kappa shape index (κ3) is 3.75. The lowest BCUT2D eigenvalue weighted by Crippen LogP contribution is -2.29. The summed E-state index contributed by atoms with van der Waals surface area (Å²) in [5.74, 6) is 0.681. The van der Waals surface area contributed by atoms with Gasteiger partial charge in [-0.3, -0.25) is 4.90 Å². The smallest absolute Gasteiger partial charge is 0.0376 e. The summed E-state index contributed by atoms with van der Waals surface area (Å²) < 4.78 is 1.28. The zero-order valence-corrected chi connectivity index (χ0v) is 11.4. The third-order valence-electron chi connectivity index (χ3n) is 2.32. The van der Waals surface area contributed by atoms with Crippen LogP contribution in [-0.4, -0.2) is 23.9 Å². The third-order valence-corrected chi connectivity index (χ3v) is 3.49. The molecule has 0 aliphatic heterocycles. The van der Waals surface area contributed by atoms with Gasteiger partial charge in [-0.25, -0.2) is 0 Å². The first-order chi connectivity index (χ1) is 6.63. The number of alkyl halides is 1. The molecule has 0 aliphatic carbocycles. The quantitative estimate of drug-likeness (QED) is 0.607. The van der Waals surface area contributed by atoms with Gasteiger partial charge < -0.3 is 0 Å². The molecule has 0 saturated heterocycles. The molecule has 1 rings (SSSR count). The van der Waals surface area contributed by atoms with Crippen LogP contribution in [0.4, 0.5) is 0 Å². The molecule has 1 aromatic rings. The normalized spacial score (nSPS) is 13.2. The van der Waals surface area contributed by atoms with E-state index in [-0.39, 0.29) is 0 Å². The minimum absolute atomic E-state index is 0.427. The van der Waals surface area contributed by atoms with Gasteiger partial charge in [0.1, 0.15) is 0 Å². The first kappa shape index (κ1) is 12.3. The first-order valence-corrected chi connectivity index (χ1v) is 6.25. The maximum absolute atomic E-state index is 5.80. The Morgan fingerprint density at radius 2 is 1.93 bits per heavy atom. The molecular weight excluding hydrogens is 308 g/mol. The van der Waals surface area contributed by atoms with Crippen molar-refractivity contribution >= 4 is 34.2 Å². The molecule has 78 valence electrons. The minimum atomic E-state index is 0.427. The highest BCUT2D eigenvalue weighted by molar-refractivity contribution is 14.1. The van der Waals surface area contributed by atoms with Crippen molar-refractivity contribution in [2.45, 2.75) is 19.5 Å². The fraction of sp³-hybridized carbons (Fsp3) is 0.455. The molecule has 0 aromatic heterocycles. The van der Waals surface area contributed by atoms with Crippen LogP contribution in [0.1, 0.15) is 12.5 Å². The maximum atomic E-state index is 5.80. The molecular formula is C11H15ClIN. The van der Waals surface area contributed by atoms with Gasteiger partial charge in [-0.2, -0.15) is 0 Å². The number of hydrogen-bond acceptors (Lipinski definition) is 1. The number of nitrogens with zero attached hydrogens (tertiary/aromatic N) is 1. The summed E-state index contributed by atoms with van der Waals surface area (Å²) in [5, 5.41) is 0. The van der Waals surface area contributed by atoms with Crippen molar-refractivity contribution in [3.63, 3.8) is 0 Å². The zero-order valence-electron chi connectivity index (χ0n) is 8.50. The standard InChI is InChI=1S/C11H15ClIN/c1-9(7-12)14(2)8-10-3-5-11(13)6-4-10/h3-6,9H,7-8H2,1-2H3. The molecule has 0 bridgehead atoms. The van der Waals surface area contributed by atoms with Crippen LogP contribution in [0.5, 0.6) is 0 Å². The van der Waals surface area contributed by atoms with Crippen LogP contribution < -0.4 is 0 Å². The van der Waals surface area contributed by atoms with Gasteiger partial charge in [0.05, 0.1) is 0 Å². The lowest BCUT2D eigenvalue weighted by molar-refractivity contribution is 0.268. The molecule has 0 N–H and O–H groups in total. The molecule has 14 heavy (non-hydrogen) atoms. The molecule has 0 aliphatic rings. The number of halogens is 2. The highest BCUT2D eigenvalue weighted by Gasteiger charge is 2.07. The van der Waals surface area contributed by atoms with Crippen molar-refractivity contribution in [1.29, 1.82) is 0 Å². The Labute approximate surface area is 105 Å².